The number of allylic oxidation sites excluding steroid dienone is 2. The highest BCUT2D eigenvalue weighted by Gasteiger charge is 2.59. The molecule has 0 aliphatic heterocycles. The minimum absolute atomic E-state index is 0.143. The van der Waals surface area contributed by atoms with Gasteiger partial charge in [0.05, 0.1) is 12.7 Å². The zero-order chi connectivity index (χ0) is 21.8. The molecule has 7 atom stereocenters. The van der Waals surface area contributed by atoms with Crippen molar-refractivity contribution in [2.24, 2.45) is 40.4 Å². The molecule has 0 aromatic heterocycles. The molecule has 0 bridgehead atoms. The van der Waals surface area contributed by atoms with Crippen molar-refractivity contribution in [2.75, 3.05) is 6.61 Å². The number of carbonyl (C=O) groups is 1. The highest BCUT2D eigenvalue weighted by molar-refractivity contribution is 5.87. The summed E-state index contributed by atoms with van der Waals surface area (Å²) in [5.41, 5.74) is 2.12. The summed E-state index contributed by atoms with van der Waals surface area (Å²) in [5.74, 6) is 0.844. The number of rotatable bonds is 3. The van der Waals surface area contributed by atoms with Crippen LogP contribution in [0.4, 0.5) is 4.39 Å². The highest BCUT2D eigenvalue weighted by Crippen LogP contribution is 2.67. The molecular weight excluding hydrogens is 379 g/mol. The van der Waals surface area contributed by atoms with Gasteiger partial charge in [-0.05, 0) is 91.9 Å². The Balaban J connectivity index is 1.67. The summed E-state index contributed by atoms with van der Waals surface area (Å²) in [5, 5.41) is 10.7. The standard InChI is InChI=1S/C26H39FO3/c1-6-30-24(29)23(27)20-10-9-17-16-7-8-19-22(15(2)3)21(28)12-14-25(19,4)18(16)11-13-26(17,20)5/h8,15-18,21-22,28H,6-7,9-14H2,1-5H3/t16-,17-,18-,21-,22?,25+,26-/m0/s1. The molecular formula is C26H39FO3. The maximum Gasteiger partial charge on any atom is 0.367 e. The first-order valence-corrected chi connectivity index (χ1v) is 12.1. The van der Waals surface area contributed by atoms with Crippen molar-refractivity contribution >= 4 is 5.97 Å². The predicted octanol–water partition coefficient (Wildman–Crippen LogP) is 5.98. The molecule has 0 heterocycles. The van der Waals surface area contributed by atoms with E-state index in [2.05, 4.69) is 33.8 Å². The van der Waals surface area contributed by atoms with E-state index in [1.54, 1.807) is 6.92 Å². The maximum absolute atomic E-state index is 15.0. The van der Waals surface area contributed by atoms with Crippen LogP contribution in [0.3, 0.4) is 0 Å². The van der Waals surface area contributed by atoms with Crippen molar-refractivity contribution in [3.63, 3.8) is 0 Å². The molecule has 3 fully saturated rings. The molecule has 3 saturated carbocycles. The second-order valence-corrected chi connectivity index (χ2v) is 11.1. The Labute approximate surface area is 181 Å². The molecule has 0 amide bonds. The fraction of sp³-hybridized carbons (Fsp3) is 0.808. The van der Waals surface area contributed by atoms with Crippen LogP contribution in [0.15, 0.2) is 23.0 Å². The Hall–Kier alpha value is -1.16. The van der Waals surface area contributed by atoms with E-state index in [0.29, 0.717) is 35.7 Å². The lowest BCUT2D eigenvalue weighted by Gasteiger charge is -2.59. The average molecular weight is 419 g/mol. The molecule has 0 radical (unpaired) electrons. The Morgan fingerprint density at radius 2 is 1.87 bits per heavy atom. The van der Waals surface area contributed by atoms with Crippen LogP contribution < -0.4 is 0 Å². The third kappa shape index (κ3) is 3.12. The summed E-state index contributed by atoms with van der Waals surface area (Å²) >= 11 is 0. The Morgan fingerprint density at radius 1 is 1.20 bits per heavy atom. The van der Waals surface area contributed by atoms with E-state index in [-0.39, 0.29) is 29.5 Å². The van der Waals surface area contributed by atoms with Gasteiger partial charge < -0.3 is 9.84 Å². The number of aliphatic hydroxyl groups excluding tert-OH is 1. The number of hydrogen-bond donors (Lipinski definition) is 1. The largest absolute Gasteiger partial charge is 0.461 e. The molecule has 1 N–H and O–H groups in total. The van der Waals surface area contributed by atoms with Gasteiger partial charge in [0, 0.05) is 5.92 Å². The highest BCUT2D eigenvalue weighted by atomic mass is 19.1. The van der Waals surface area contributed by atoms with Crippen molar-refractivity contribution in [2.45, 2.75) is 85.7 Å². The summed E-state index contributed by atoms with van der Waals surface area (Å²) in [6.45, 7) is 11.0. The van der Waals surface area contributed by atoms with Gasteiger partial charge in [-0.2, -0.15) is 4.39 Å². The lowest BCUT2D eigenvalue weighted by Crippen LogP contribution is -2.52. The van der Waals surface area contributed by atoms with Crippen molar-refractivity contribution in [1.29, 1.82) is 0 Å². The van der Waals surface area contributed by atoms with Crippen LogP contribution in [0.5, 0.6) is 0 Å². The van der Waals surface area contributed by atoms with E-state index in [1.165, 1.54) is 5.57 Å². The minimum atomic E-state index is -0.782. The van der Waals surface area contributed by atoms with E-state index >= 15 is 4.39 Å². The number of carbonyl (C=O) groups excluding carboxylic acids is 1. The topological polar surface area (TPSA) is 46.5 Å². The van der Waals surface area contributed by atoms with Crippen molar-refractivity contribution in [3.8, 4) is 0 Å². The van der Waals surface area contributed by atoms with Gasteiger partial charge in [-0.1, -0.05) is 39.3 Å². The third-order valence-electron chi connectivity index (χ3n) is 9.48. The average Bonchev–Trinajstić information content (AvgIpc) is 3.04. The fourth-order valence-electron chi connectivity index (χ4n) is 8.09. The summed E-state index contributed by atoms with van der Waals surface area (Å²) < 4.78 is 20.0. The molecule has 4 aliphatic rings. The zero-order valence-electron chi connectivity index (χ0n) is 19.3. The molecule has 4 rings (SSSR count). The minimum Gasteiger partial charge on any atom is -0.461 e. The van der Waals surface area contributed by atoms with Crippen LogP contribution in [-0.2, 0) is 9.53 Å². The number of ether oxygens (including phenoxy) is 1. The van der Waals surface area contributed by atoms with Crippen LogP contribution in [0, 0.1) is 40.4 Å². The zero-order valence-corrected chi connectivity index (χ0v) is 19.3. The lowest BCUT2D eigenvalue weighted by atomic mass is 9.46. The third-order valence-corrected chi connectivity index (χ3v) is 9.48. The van der Waals surface area contributed by atoms with Gasteiger partial charge in [-0.15, -0.1) is 0 Å². The number of hydrogen-bond acceptors (Lipinski definition) is 3. The fourth-order valence-corrected chi connectivity index (χ4v) is 8.09. The van der Waals surface area contributed by atoms with Gasteiger partial charge in [-0.25, -0.2) is 4.79 Å². The van der Waals surface area contributed by atoms with E-state index in [9.17, 15) is 9.90 Å². The van der Waals surface area contributed by atoms with Gasteiger partial charge in [0.2, 0.25) is 5.83 Å². The summed E-state index contributed by atoms with van der Waals surface area (Å²) in [6, 6.07) is 0. The molecule has 1 unspecified atom stereocenters. The molecule has 4 aliphatic carbocycles. The molecule has 4 heteroatoms. The molecule has 0 saturated heterocycles. The van der Waals surface area contributed by atoms with E-state index in [1.807, 2.05) is 0 Å². The predicted molar refractivity (Wildman–Crippen MR) is 116 cm³/mol. The quantitative estimate of drug-likeness (QED) is 0.348. The van der Waals surface area contributed by atoms with Crippen molar-refractivity contribution < 1.29 is 19.0 Å². The molecule has 0 aromatic carbocycles. The first kappa shape index (κ1) is 22.0. The number of esters is 1. The van der Waals surface area contributed by atoms with E-state index < -0.39 is 11.8 Å². The summed E-state index contributed by atoms with van der Waals surface area (Å²) in [6.07, 6.45) is 8.84. The van der Waals surface area contributed by atoms with Crippen molar-refractivity contribution in [1.82, 2.24) is 0 Å². The maximum atomic E-state index is 15.0. The first-order valence-electron chi connectivity index (χ1n) is 12.1. The molecule has 3 nitrogen and oxygen atoms in total. The van der Waals surface area contributed by atoms with Crippen LogP contribution in [0.2, 0.25) is 0 Å². The SMILES string of the molecule is CCOC(=O)C(F)=C1CC[C@H]2[C@@H]3CC=C4C(C(C)C)[C@@H](O)CC[C@]4(C)[C@H]3CC[C@]12C. The van der Waals surface area contributed by atoms with Crippen LogP contribution >= 0.6 is 0 Å². The van der Waals surface area contributed by atoms with Gasteiger partial charge in [0.25, 0.3) is 0 Å². The Morgan fingerprint density at radius 3 is 2.53 bits per heavy atom. The number of fused-ring (bicyclic) bond motifs is 5. The normalized spacial score (nSPS) is 44.7. The molecule has 0 aromatic rings. The van der Waals surface area contributed by atoms with E-state index in [0.717, 1.165) is 38.5 Å². The van der Waals surface area contributed by atoms with Gasteiger partial charge in [0.15, 0.2) is 0 Å². The first-order chi connectivity index (χ1) is 14.1. The number of halogens is 1. The van der Waals surface area contributed by atoms with Gasteiger partial charge in [0.1, 0.15) is 0 Å². The van der Waals surface area contributed by atoms with Crippen molar-refractivity contribution in [3.05, 3.63) is 23.0 Å². The van der Waals surface area contributed by atoms with Gasteiger partial charge >= 0.3 is 5.97 Å². The monoisotopic (exact) mass is 418 g/mol. The van der Waals surface area contributed by atoms with Gasteiger partial charge in [-0.3, -0.25) is 0 Å². The molecule has 168 valence electrons. The second kappa shape index (κ2) is 7.76. The Bertz CT molecular complexity index is 768. The van der Waals surface area contributed by atoms with E-state index in [4.69, 9.17) is 4.74 Å². The van der Waals surface area contributed by atoms with Crippen LogP contribution in [-0.4, -0.2) is 23.8 Å². The smallest absolute Gasteiger partial charge is 0.367 e. The number of aliphatic hydroxyl groups is 1. The second-order valence-electron chi connectivity index (χ2n) is 11.1. The summed E-state index contributed by atoms with van der Waals surface area (Å²) in [4.78, 5) is 12.1. The molecule has 30 heavy (non-hydrogen) atoms. The molecule has 0 spiro atoms. The summed E-state index contributed by atoms with van der Waals surface area (Å²) in [7, 11) is 0. The lowest BCUT2D eigenvalue weighted by molar-refractivity contribution is -0.140. The van der Waals surface area contributed by atoms with Crippen LogP contribution in [0.25, 0.3) is 0 Å². The van der Waals surface area contributed by atoms with Crippen LogP contribution in [0.1, 0.15) is 79.6 Å². The Kier molecular flexibility index (Phi) is 5.70.